The number of ether oxygens (including phenoxy) is 1. The van der Waals surface area contributed by atoms with Crippen LogP contribution in [0.25, 0.3) is 0 Å². The van der Waals surface area contributed by atoms with Gasteiger partial charge in [0.15, 0.2) is 6.29 Å². The van der Waals surface area contributed by atoms with Crippen LogP contribution in [0.3, 0.4) is 0 Å². The number of aromatic hydroxyl groups is 1. The lowest BCUT2D eigenvalue weighted by Gasteiger charge is -2.11. The number of nitrogens with one attached hydrogen (secondary N) is 1. The Morgan fingerprint density at radius 3 is 2.54 bits per heavy atom. The lowest BCUT2D eigenvalue weighted by molar-refractivity contribution is -0.107. The summed E-state index contributed by atoms with van der Waals surface area (Å²) in [5, 5.41) is 21.1. The number of hydrogen-bond donors (Lipinski definition) is 3. The molecule has 0 amide bonds. The van der Waals surface area contributed by atoms with E-state index >= 15 is 0 Å². The van der Waals surface area contributed by atoms with Crippen molar-refractivity contribution in [2.75, 3.05) is 13.8 Å². The van der Waals surface area contributed by atoms with E-state index in [0.29, 0.717) is 5.56 Å². The van der Waals surface area contributed by atoms with E-state index < -0.39 is 6.29 Å². The van der Waals surface area contributed by atoms with Crippen LogP contribution < -0.4 is 5.32 Å². The first-order chi connectivity index (χ1) is 6.24. The molecule has 4 heteroatoms. The zero-order valence-electron chi connectivity index (χ0n) is 7.40. The molecule has 1 aromatic rings. The number of aliphatic hydroxyl groups is 1. The molecule has 1 rings (SSSR count). The molecule has 0 radical (unpaired) electrons. The number of phenols is 1. The standard InChI is InChI=1S/C9H13NO3/c1-10-6-13-9(12)7-2-4-8(11)5-3-7/h2-5,9-12H,6H2,1H3/t9-/m1/s1. The zero-order chi connectivity index (χ0) is 9.68. The van der Waals surface area contributed by atoms with Crippen LogP contribution in [-0.4, -0.2) is 24.0 Å². The van der Waals surface area contributed by atoms with E-state index in [1.165, 1.54) is 12.1 Å². The third-order valence-corrected chi connectivity index (χ3v) is 1.56. The molecule has 0 saturated heterocycles. The Balaban J connectivity index is 2.55. The Morgan fingerprint density at radius 1 is 1.38 bits per heavy atom. The largest absolute Gasteiger partial charge is 0.508 e. The second kappa shape index (κ2) is 4.81. The minimum atomic E-state index is -0.951. The van der Waals surface area contributed by atoms with Gasteiger partial charge in [-0.25, -0.2) is 0 Å². The van der Waals surface area contributed by atoms with Crippen LogP contribution in [-0.2, 0) is 4.74 Å². The molecule has 72 valence electrons. The second-order valence-corrected chi connectivity index (χ2v) is 2.61. The number of phenolic OH excluding ortho intramolecular Hbond substituents is 1. The first-order valence-corrected chi connectivity index (χ1v) is 3.97. The molecule has 0 fully saturated rings. The van der Waals surface area contributed by atoms with Gasteiger partial charge in [-0.15, -0.1) is 0 Å². The van der Waals surface area contributed by atoms with Crippen molar-refractivity contribution in [2.45, 2.75) is 6.29 Å². The Labute approximate surface area is 76.8 Å². The van der Waals surface area contributed by atoms with Crippen LogP contribution in [0, 0.1) is 0 Å². The SMILES string of the molecule is CNCO[C@@H](O)c1ccc(O)cc1. The van der Waals surface area contributed by atoms with Gasteiger partial charge in [0.2, 0.25) is 0 Å². The zero-order valence-corrected chi connectivity index (χ0v) is 7.40. The van der Waals surface area contributed by atoms with Gasteiger partial charge in [0.25, 0.3) is 0 Å². The molecule has 1 aromatic carbocycles. The maximum absolute atomic E-state index is 9.40. The summed E-state index contributed by atoms with van der Waals surface area (Å²) in [6.45, 7) is 0.280. The molecule has 0 aliphatic rings. The highest BCUT2D eigenvalue weighted by molar-refractivity contribution is 5.26. The molecule has 0 unspecified atom stereocenters. The van der Waals surface area contributed by atoms with E-state index in [1.807, 2.05) is 0 Å². The Morgan fingerprint density at radius 2 is 2.00 bits per heavy atom. The molecular weight excluding hydrogens is 170 g/mol. The van der Waals surface area contributed by atoms with Crippen molar-refractivity contribution in [3.8, 4) is 5.75 Å². The molecular formula is C9H13NO3. The maximum Gasteiger partial charge on any atom is 0.182 e. The minimum absolute atomic E-state index is 0.171. The summed E-state index contributed by atoms with van der Waals surface area (Å²) in [5.41, 5.74) is 0.619. The van der Waals surface area contributed by atoms with Crippen LogP contribution in [0.5, 0.6) is 5.75 Å². The number of rotatable bonds is 4. The summed E-state index contributed by atoms with van der Waals surface area (Å²) in [5.74, 6) is 0.171. The van der Waals surface area contributed by atoms with E-state index in [4.69, 9.17) is 9.84 Å². The average molecular weight is 183 g/mol. The summed E-state index contributed by atoms with van der Waals surface area (Å²) in [7, 11) is 1.73. The van der Waals surface area contributed by atoms with Crippen LogP contribution in [0.15, 0.2) is 24.3 Å². The molecule has 1 atom stereocenters. The van der Waals surface area contributed by atoms with Crippen molar-refractivity contribution in [3.05, 3.63) is 29.8 Å². The van der Waals surface area contributed by atoms with Crippen molar-refractivity contribution < 1.29 is 14.9 Å². The van der Waals surface area contributed by atoms with Gasteiger partial charge in [-0.1, -0.05) is 12.1 Å². The monoisotopic (exact) mass is 183 g/mol. The van der Waals surface area contributed by atoms with Gasteiger partial charge in [0.05, 0.1) is 6.73 Å². The molecule has 0 saturated carbocycles. The highest BCUT2D eigenvalue weighted by Gasteiger charge is 2.05. The van der Waals surface area contributed by atoms with Crippen molar-refractivity contribution in [2.24, 2.45) is 0 Å². The molecule has 4 nitrogen and oxygen atoms in total. The van der Waals surface area contributed by atoms with E-state index in [1.54, 1.807) is 19.2 Å². The average Bonchev–Trinajstić information content (AvgIpc) is 2.15. The molecule has 3 N–H and O–H groups in total. The Bertz CT molecular complexity index is 248. The van der Waals surface area contributed by atoms with Crippen LogP contribution in [0.2, 0.25) is 0 Å². The smallest absolute Gasteiger partial charge is 0.182 e. The number of aliphatic hydroxyl groups excluding tert-OH is 1. The van der Waals surface area contributed by atoms with Gasteiger partial charge < -0.3 is 14.9 Å². The maximum atomic E-state index is 9.40. The van der Waals surface area contributed by atoms with Gasteiger partial charge in [-0.05, 0) is 19.2 Å². The minimum Gasteiger partial charge on any atom is -0.508 e. The molecule has 13 heavy (non-hydrogen) atoms. The van der Waals surface area contributed by atoms with E-state index in [-0.39, 0.29) is 12.5 Å². The van der Waals surface area contributed by atoms with Crippen molar-refractivity contribution in [1.82, 2.24) is 5.32 Å². The highest BCUT2D eigenvalue weighted by Crippen LogP contribution is 2.16. The van der Waals surface area contributed by atoms with Gasteiger partial charge in [0, 0.05) is 5.56 Å². The molecule has 0 spiro atoms. The molecule has 0 aliphatic carbocycles. The van der Waals surface area contributed by atoms with Crippen LogP contribution in [0.1, 0.15) is 11.9 Å². The van der Waals surface area contributed by atoms with Crippen molar-refractivity contribution in [3.63, 3.8) is 0 Å². The Kier molecular flexibility index (Phi) is 3.70. The van der Waals surface area contributed by atoms with Gasteiger partial charge in [-0.2, -0.15) is 0 Å². The predicted molar refractivity (Wildman–Crippen MR) is 48.1 cm³/mol. The number of benzene rings is 1. The highest BCUT2D eigenvalue weighted by atomic mass is 16.6. The lowest BCUT2D eigenvalue weighted by atomic mass is 10.2. The lowest BCUT2D eigenvalue weighted by Crippen LogP contribution is -2.15. The topological polar surface area (TPSA) is 61.7 Å². The molecule has 0 bridgehead atoms. The summed E-state index contributed by atoms with van der Waals surface area (Å²) in [4.78, 5) is 0. The summed E-state index contributed by atoms with van der Waals surface area (Å²) in [6, 6.07) is 6.22. The third kappa shape index (κ3) is 3.02. The first-order valence-electron chi connectivity index (χ1n) is 3.97. The molecule has 0 aromatic heterocycles. The summed E-state index contributed by atoms with van der Waals surface area (Å²) < 4.78 is 4.98. The van der Waals surface area contributed by atoms with Gasteiger partial charge in [-0.3, -0.25) is 5.32 Å². The predicted octanol–water partition coefficient (Wildman–Crippen LogP) is 0.577. The van der Waals surface area contributed by atoms with E-state index in [9.17, 15) is 5.11 Å². The quantitative estimate of drug-likeness (QED) is 0.597. The third-order valence-electron chi connectivity index (χ3n) is 1.56. The van der Waals surface area contributed by atoms with Crippen molar-refractivity contribution >= 4 is 0 Å². The van der Waals surface area contributed by atoms with Crippen LogP contribution in [0.4, 0.5) is 0 Å². The fourth-order valence-corrected chi connectivity index (χ4v) is 0.897. The van der Waals surface area contributed by atoms with E-state index in [0.717, 1.165) is 0 Å². The van der Waals surface area contributed by atoms with Crippen molar-refractivity contribution in [1.29, 1.82) is 0 Å². The molecule has 0 heterocycles. The van der Waals surface area contributed by atoms with Crippen LogP contribution >= 0.6 is 0 Å². The second-order valence-electron chi connectivity index (χ2n) is 2.61. The fraction of sp³-hybridized carbons (Fsp3) is 0.333. The fourth-order valence-electron chi connectivity index (χ4n) is 0.897. The normalized spacial score (nSPS) is 12.8. The summed E-state index contributed by atoms with van der Waals surface area (Å²) >= 11 is 0. The summed E-state index contributed by atoms with van der Waals surface area (Å²) in [6.07, 6.45) is -0.951. The van der Waals surface area contributed by atoms with Gasteiger partial charge >= 0.3 is 0 Å². The number of hydrogen-bond acceptors (Lipinski definition) is 4. The van der Waals surface area contributed by atoms with E-state index in [2.05, 4.69) is 5.32 Å². The van der Waals surface area contributed by atoms with Gasteiger partial charge in [0.1, 0.15) is 5.75 Å². The first kappa shape index (κ1) is 9.98. The molecule has 0 aliphatic heterocycles. The Hall–Kier alpha value is -1.10.